The van der Waals surface area contributed by atoms with E-state index in [1.54, 1.807) is 12.4 Å². The molecule has 24 heavy (non-hydrogen) atoms. The molecule has 3 rings (SSSR count). The van der Waals surface area contributed by atoms with Crippen molar-refractivity contribution in [1.29, 1.82) is 0 Å². The van der Waals surface area contributed by atoms with Gasteiger partial charge in [0.2, 0.25) is 5.91 Å². The molecule has 2 fully saturated rings. The van der Waals surface area contributed by atoms with Crippen LogP contribution in [0.4, 0.5) is 0 Å². The number of rotatable bonds is 7. The zero-order valence-electron chi connectivity index (χ0n) is 14.6. The number of hydrogen-bond acceptors (Lipinski definition) is 5. The molecule has 6 heteroatoms. The number of ether oxygens (including phenoxy) is 2. The maximum atomic E-state index is 12.2. The fourth-order valence-corrected chi connectivity index (χ4v) is 3.42. The standard InChI is InChI=1S/C18H27N3O3/c1-20(2)9-5-17(22)21-13-18(14-21)16(6-10-24-18)12-23-11-15-3-7-19-8-4-15/h3-4,7-8,16H,5-6,9-14H2,1-2H3/t16-/m1/s1. The van der Waals surface area contributed by atoms with Crippen LogP contribution in [0.25, 0.3) is 0 Å². The maximum absolute atomic E-state index is 12.2. The minimum Gasteiger partial charge on any atom is -0.376 e. The van der Waals surface area contributed by atoms with Gasteiger partial charge in [-0.05, 0) is 38.2 Å². The molecule has 0 N–H and O–H groups in total. The van der Waals surface area contributed by atoms with Crippen LogP contribution in [-0.4, -0.2) is 73.2 Å². The number of nitrogens with zero attached hydrogens (tertiary/aromatic N) is 3. The zero-order chi connectivity index (χ0) is 17.0. The van der Waals surface area contributed by atoms with Gasteiger partial charge in [0, 0.05) is 37.9 Å². The molecule has 1 aromatic rings. The smallest absolute Gasteiger partial charge is 0.224 e. The minimum atomic E-state index is -0.175. The first kappa shape index (κ1) is 17.3. The zero-order valence-corrected chi connectivity index (χ0v) is 14.6. The van der Waals surface area contributed by atoms with E-state index >= 15 is 0 Å². The van der Waals surface area contributed by atoms with Crippen molar-refractivity contribution in [2.45, 2.75) is 25.0 Å². The SMILES string of the molecule is CN(C)CCC(=O)N1CC2(C1)OCC[C@@H]2COCc1ccncc1. The molecular weight excluding hydrogens is 306 g/mol. The van der Waals surface area contributed by atoms with Crippen LogP contribution in [0.5, 0.6) is 0 Å². The number of likely N-dealkylation sites (tertiary alicyclic amines) is 1. The van der Waals surface area contributed by atoms with Crippen molar-refractivity contribution >= 4 is 5.91 Å². The molecule has 0 aliphatic carbocycles. The summed E-state index contributed by atoms with van der Waals surface area (Å²) in [4.78, 5) is 20.2. The van der Waals surface area contributed by atoms with Crippen LogP contribution in [-0.2, 0) is 20.9 Å². The quantitative estimate of drug-likeness (QED) is 0.750. The highest BCUT2D eigenvalue weighted by Gasteiger charge is 2.54. The summed E-state index contributed by atoms with van der Waals surface area (Å²) in [6.07, 6.45) is 5.15. The van der Waals surface area contributed by atoms with E-state index in [0.29, 0.717) is 38.6 Å². The van der Waals surface area contributed by atoms with Crippen molar-refractivity contribution in [2.75, 3.05) is 46.9 Å². The van der Waals surface area contributed by atoms with E-state index in [1.165, 1.54) is 0 Å². The summed E-state index contributed by atoms with van der Waals surface area (Å²) in [6.45, 7) is 4.26. The van der Waals surface area contributed by atoms with E-state index in [9.17, 15) is 4.79 Å². The molecule has 0 radical (unpaired) electrons. The van der Waals surface area contributed by atoms with Crippen LogP contribution in [0, 0.1) is 5.92 Å². The Morgan fingerprint density at radius 1 is 1.42 bits per heavy atom. The number of pyridine rings is 1. The Bertz CT molecular complexity index is 544. The van der Waals surface area contributed by atoms with Crippen molar-refractivity contribution in [2.24, 2.45) is 5.92 Å². The van der Waals surface area contributed by atoms with Crippen LogP contribution >= 0.6 is 0 Å². The number of carbonyl (C=O) groups excluding carboxylic acids is 1. The number of aromatic nitrogens is 1. The van der Waals surface area contributed by atoms with Crippen LogP contribution < -0.4 is 0 Å². The summed E-state index contributed by atoms with van der Waals surface area (Å²) in [7, 11) is 3.97. The van der Waals surface area contributed by atoms with Gasteiger partial charge in [-0.15, -0.1) is 0 Å². The third kappa shape index (κ3) is 3.94. The predicted octanol–water partition coefficient (Wildman–Crippen LogP) is 1.17. The highest BCUT2D eigenvalue weighted by molar-refractivity contribution is 5.77. The molecular formula is C18H27N3O3. The molecule has 0 aromatic carbocycles. The summed E-state index contributed by atoms with van der Waals surface area (Å²) >= 11 is 0. The third-order valence-electron chi connectivity index (χ3n) is 4.98. The van der Waals surface area contributed by atoms with Crippen molar-refractivity contribution in [3.8, 4) is 0 Å². The second kappa shape index (κ2) is 7.59. The molecule has 1 atom stereocenters. The van der Waals surface area contributed by atoms with Crippen molar-refractivity contribution in [3.63, 3.8) is 0 Å². The second-order valence-electron chi connectivity index (χ2n) is 7.07. The molecule has 132 valence electrons. The van der Waals surface area contributed by atoms with Gasteiger partial charge in [-0.1, -0.05) is 0 Å². The minimum absolute atomic E-state index is 0.175. The number of hydrogen-bond donors (Lipinski definition) is 0. The number of carbonyl (C=O) groups is 1. The van der Waals surface area contributed by atoms with Crippen LogP contribution in [0.1, 0.15) is 18.4 Å². The highest BCUT2D eigenvalue weighted by Crippen LogP contribution is 2.40. The first-order chi connectivity index (χ1) is 11.6. The van der Waals surface area contributed by atoms with Gasteiger partial charge < -0.3 is 19.3 Å². The largest absolute Gasteiger partial charge is 0.376 e. The Hall–Kier alpha value is -1.50. The van der Waals surface area contributed by atoms with Gasteiger partial charge in [0.25, 0.3) is 0 Å². The van der Waals surface area contributed by atoms with E-state index in [2.05, 4.69) is 4.98 Å². The lowest BCUT2D eigenvalue weighted by Crippen LogP contribution is -2.66. The number of amides is 1. The van der Waals surface area contributed by atoms with Gasteiger partial charge >= 0.3 is 0 Å². The van der Waals surface area contributed by atoms with Gasteiger partial charge in [0.15, 0.2) is 0 Å². The molecule has 2 aliphatic rings. The fourth-order valence-electron chi connectivity index (χ4n) is 3.42. The Balaban J connectivity index is 1.44. The van der Waals surface area contributed by atoms with Crippen molar-refractivity contribution in [1.82, 2.24) is 14.8 Å². The Labute approximate surface area is 143 Å². The summed E-state index contributed by atoms with van der Waals surface area (Å²) in [5, 5.41) is 0. The predicted molar refractivity (Wildman–Crippen MR) is 90.4 cm³/mol. The molecule has 1 aromatic heterocycles. The lowest BCUT2D eigenvalue weighted by atomic mass is 9.81. The maximum Gasteiger partial charge on any atom is 0.224 e. The van der Waals surface area contributed by atoms with Crippen molar-refractivity contribution < 1.29 is 14.3 Å². The molecule has 6 nitrogen and oxygen atoms in total. The summed E-state index contributed by atoms with van der Waals surface area (Å²) in [5.41, 5.74) is 0.957. The first-order valence-electron chi connectivity index (χ1n) is 8.62. The molecule has 2 saturated heterocycles. The van der Waals surface area contributed by atoms with Gasteiger partial charge in [0.1, 0.15) is 5.60 Å². The van der Waals surface area contributed by atoms with E-state index in [0.717, 1.165) is 25.1 Å². The average molecular weight is 333 g/mol. The monoisotopic (exact) mass is 333 g/mol. The van der Waals surface area contributed by atoms with E-state index in [1.807, 2.05) is 36.0 Å². The Morgan fingerprint density at radius 3 is 2.88 bits per heavy atom. The lowest BCUT2D eigenvalue weighted by Gasteiger charge is -2.50. The van der Waals surface area contributed by atoms with Crippen LogP contribution in [0.2, 0.25) is 0 Å². The molecule has 2 aliphatic heterocycles. The summed E-state index contributed by atoms with van der Waals surface area (Å²) in [5.74, 6) is 0.596. The molecule has 0 saturated carbocycles. The summed E-state index contributed by atoms with van der Waals surface area (Å²) in [6, 6.07) is 3.94. The Kier molecular flexibility index (Phi) is 5.48. The molecule has 0 unspecified atom stereocenters. The third-order valence-corrected chi connectivity index (χ3v) is 4.98. The van der Waals surface area contributed by atoms with Crippen molar-refractivity contribution in [3.05, 3.63) is 30.1 Å². The van der Waals surface area contributed by atoms with Gasteiger partial charge in [-0.3, -0.25) is 9.78 Å². The first-order valence-corrected chi connectivity index (χ1v) is 8.62. The van der Waals surface area contributed by atoms with Crippen LogP contribution in [0.3, 0.4) is 0 Å². The van der Waals surface area contributed by atoms with Gasteiger partial charge in [-0.25, -0.2) is 0 Å². The normalized spacial score (nSPS) is 22.1. The molecule has 1 spiro atoms. The molecule has 1 amide bonds. The second-order valence-corrected chi connectivity index (χ2v) is 7.07. The molecule has 0 bridgehead atoms. The Morgan fingerprint density at radius 2 is 2.17 bits per heavy atom. The highest BCUT2D eigenvalue weighted by atomic mass is 16.5. The van der Waals surface area contributed by atoms with Gasteiger partial charge in [0.05, 0.1) is 26.3 Å². The van der Waals surface area contributed by atoms with Gasteiger partial charge in [-0.2, -0.15) is 0 Å². The summed E-state index contributed by atoms with van der Waals surface area (Å²) < 4.78 is 11.9. The average Bonchev–Trinajstić information content (AvgIpc) is 2.96. The van der Waals surface area contributed by atoms with E-state index < -0.39 is 0 Å². The van der Waals surface area contributed by atoms with E-state index in [4.69, 9.17) is 9.47 Å². The van der Waals surface area contributed by atoms with E-state index in [-0.39, 0.29) is 11.5 Å². The van der Waals surface area contributed by atoms with Crippen LogP contribution in [0.15, 0.2) is 24.5 Å². The fraction of sp³-hybridized carbons (Fsp3) is 0.667. The lowest BCUT2D eigenvalue weighted by molar-refractivity contribution is -0.169. The topological polar surface area (TPSA) is 54.9 Å². The molecule has 3 heterocycles.